The van der Waals surface area contributed by atoms with E-state index in [0.717, 1.165) is 42.7 Å². The summed E-state index contributed by atoms with van der Waals surface area (Å²) in [5, 5.41) is 3.03. The molecule has 1 unspecified atom stereocenters. The predicted molar refractivity (Wildman–Crippen MR) is 112 cm³/mol. The van der Waals surface area contributed by atoms with Gasteiger partial charge in [-0.3, -0.25) is 9.69 Å². The van der Waals surface area contributed by atoms with E-state index < -0.39 is 27.8 Å². The number of halogens is 3. The Bertz CT molecular complexity index is 1050. The topological polar surface area (TPSA) is 69.7 Å². The number of piperazine rings is 1. The molecule has 4 rings (SSSR count). The second-order valence-electron chi connectivity index (χ2n) is 8.06. The lowest BCUT2D eigenvalue weighted by Gasteiger charge is -2.38. The first-order valence-electron chi connectivity index (χ1n) is 10.4. The van der Waals surface area contributed by atoms with Crippen LogP contribution in [0.3, 0.4) is 0 Å². The summed E-state index contributed by atoms with van der Waals surface area (Å²) < 4.78 is 65.5. The van der Waals surface area contributed by atoms with Gasteiger partial charge in [0.2, 0.25) is 15.9 Å². The average molecular weight is 468 g/mol. The van der Waals surface area contributed by atoms with Crippen LogP contribution in [0.1, 0.15) is 30.0 Å². The monoisotopic (exact) mass is 467 g/mol. The minimum absolute atomic E-state index is 0.0993. The molecule has 1 heterocycles. The molecule has 1 atom stereocenters. The lowest BCUT2D eigenvalue weighted by molar-refractivity contribution is -0.137. The second kappa shape index (κ2) is 8.84. The van der Waals surface area contributed by atoms with Gasteiger partial charge in [0.15, 0.2) is 0 Å². The molecule has 32 heavy (non-hydrogen) atoms. The van der Waals surface area contributed by atoms with Crippen molar-refractivity contribution in [1.29, 1.82) is 0 Å². The van der Waals surface area contributed by atoms with Gasteiger partial charge < -0.3 is 5.32 Å². The predicted octanol–water partition coefficient (Wildman–Crippen LogP) is 3.03. The van der Waals surface area contributed by atoms with E-state index in [0.29, 0.717) is 13.1 Å². The number of nitrogens with one attached hydrogen (secondary N) is 1. The standard InChI is InChI=1S/C22H24F3N3O3S/c23-22(24,25)17-6-10-19(11-7-17)32(30,31)28-14-12-27(13-15-28)20(16-4-2-1-3-5-16)21(29)26-18-8-9-18/h1-7,10-11,18,20H,8-9,12-15H2,(H,26,29). The van der Waals surface area contributed by atoms with Gasteiger partial charge in [-0.15, -0.1) is 0 Å². The summed E-state index contributed by atoms with van der Waals surface area (Å²) in [7, 11) is -3.93. The van der Waals surface area contributed by atoms with Crippen molar-refractivity contribution in [3.05, 3.63) is 65.7 Å². The highest BCUT2D eigenvalue weighted by Gasteiger charge is 2.37. The van der Waals surface area contributed by atoms with Gasteiger partial charge in [-0.1, -0.05) is 30.3 Å². The highest BCUT2D eigenvalue weighted by atomic mass is 32.2. The number of benzene rings is 2. The van der Waals surface area contributed by atoms with E-state index in [2.05, 4.69) is 5.32 Å². The highest BCUT2D eigenvalue weighted by molar-refractivity contribution is 7.89. The molecule has 0 aromatic heterocycles. The van der Waals surface area contributed by atoms with Crippen LogP contribution in [0, 0.1) is 0 Å². The number of sulfonamides is 1. The number of hydrogen-bond acceptors (Lipinski definition) is 4. The molecule has 1 N–H and O–H groups in total. The van der Waals surface area contributed by atoms with Gasteiger partial charge in [-0.25, -0.2) is 8.42 Å². The van der Waals surface area contributed by atoms with E-state index in [9.17, 15) is 26.4 Å². The molecule has 6 nitrogen and oxygen atoms in total. The van der Waals surface area contributed by atoms with E-state index in [1.165, 1.54) is 4.31 Å². The quantitative estimate of drug-likeness (QED) is 0.709. The van der Waals surface area contributed by atoms with Crippen molar-refractivity contribution in [1.82, 2.24) is 14.5 Å². The van der Waals surface area contributed by atoms with Gasteiger partial charge in [-0.2, -0.15) is 17.5 Å². The third-order valence-electron chi connectivity index (χ3n) is 5.75. The van der Waals surface area contributed by atoms with Crippen molar-refractivity contribution >= 4 is 15.9 Å². The molecule has 2 aromatic carbocycles. The number of hydrogen-bond donors (Lipinski definition) is 1. The van der Waals surface area contributed by atoms with Crippen LogP contribution in [0.5, 0.6) is 0 Å². The van der Waals surface area contributed by atoms with Crippen molar-refractivity contribution in [2.24, 2.45) is 0 Å². The molecule has 2 fully saturated rings. The molecule has 0 spiro atoms. The number of carbonyl (C=O) groups is 1. The third-order valence-corrected chi connectivity index (χ3v) is 7.66. The fraction of sp³-hybridized carbons (Fsp3) is 0.409. The zero-order chi connectivity index (χ0) is 22.9. The summed E-state index contributed by atoms with van der Waals surface area (Å²) in [5.74, 6) is -0.0993. The van der Waals surface area contributed by atoms with Crippen molar-refractivity contribution in [3.8, 4) is 0 Å². The Morgan fingerprint density at radius 3 is 2.06 bits per heavy atom. The molecule has 1 amide bonds. The summed E-state index contributed by atoms with van der Waals surface area (Å²) in [6.45, 7) is 0.946. The summed E-state index contributed by atoms with van der Waals surface area (Å²) >= 11 is 0. The lowest BCUT2D eigenvalue weighted by atomic mass is 10.0. The molecule has 1 saturated heterocycles. The zero-order valence-electron chi connectivity index (χ0n) is 17.3. The molecular formula is C22H24F3N3O3S. The van der Waals surface area contributed by atoms with Crippen LogP contribution in [0.4, 0.5) is 13.2 Å². The van der Waals surface area contributed by atoms with Crippen molar-refractivity contribution in [2.75, 3.05) is 26.2 Å². The maximum atomic E-state index is 12.9. The maximum absolute atomic E-state index is 12.9. The molecular weight excluding hydrogens is 443 g/mol. The fourth-order valence-corrected chi connectivity index (χ4v) is 5.26. The van der Waals surface area contributed by atoms with E-state index in [1.54, 1.807) is 0 Å². The first-order chi connectivity index (χ1) is 15.2. The van der Waals surface area contributed by atoms with Crippen LogP contribution in [0.2, 0.25) is 0 Å². The van der Waals surface area contributed by atoms with Gasteiger partial charge in [0.05, 0.1) is 10.5 Å². The summed E-state index contributed by atoms with van der Waals surface area (Å²) in [6, 6.07) is 12.5. The van der Waals surface area contributed by atoms with Crippen molar-refractivity contribution < 1.29 is 26.4 Å². The molecule has 0 radical (unpaired) electrons. The fourth-order valence-electron chi connectivity index (χ4n) is 3.84. The average Bonchev–Trinajstić information content (AvgIpc) is 3.58. The molecule has 0 bridgehead atoms. The van der Waals surface area contributed by atoms with Gasteiger partial charge in [0, 0.05) is 32.2 Å². The molecule has 2 aromatic rings. The first kappa shape index (κ1) is 22.8. The van der Waals surface area contributed by atoms with Crippen molar-refractivity contribution in [2.45, 2.75) is 36.0 Å². The summed E-state index contributed by atoms with van der Waals surface area (Å²) in [4.78, 5) is 14.7. The van der Waals surface area contributed by atoms with Crippen LogP contribution < -0.4 is 5.32 Å². The number of carbonyl (C=O) groups excluding carboxylic acids is 1. The molecule has 10 heteroatoms. The SMILES string of the molecule is O=C(NC1CC1)C(c1ccccc1)N1CCN(S(=O)(=O)c2ccc(C(F)(F)F)cc2)CC1. The number of alkyl halides is 3. The number of amides is 1. The summed E-state index contributed by atoms with van der Waals surface area (Å²) in [6.07, 6.45) is -2.60. The van der Waals surface area contributed by atoms with E-state index in [4.69, 9.17) is 0 Å². The normalized spacial score (nSPS) is 19.5. The molecule has 1 aliphatic heterocycles. The van der Waals surface area contributed by atoms with Crippen molar-refractivity contribution in [3.63, 3.8) is 0 Å². The highest BCUT2D eigenvalue weighted by Crippen LogP contribution is 2.31. The van der Waals surface area contributed by atoms with E-state index in [1.807, 2.05) is 35.2 Å². The Morgan fingerprint density at radius 1 is 0.938 bits per heavy atom. The molecule has 1 saturated carbocycles. The van der Waals surface area contributed by atoms with Gasteiger partial charge in [0.25, 0.3) is 0 Å². The van der Waals surface area contributed by atoms with E-state index in [-0.39, 0.29) is 29.9 Å². The van der Waals surface area contributed by atoms with Crippen LogP contribution in [-0.2, 0) is 21.0 Å². The molecule has 1 aliphatic carbocycles. The van der Waals surface area contributed by atoms with E-state index >= 15 is 0 Å². The smallest absolute Gasteiger partial charge is 0.352 e. The number of rotatable bonds is 6. The minimum atomic E-state index is -4.53. The third kappa shape index (κ3) is 4.97. The Kier molecular flexibility index (Phi) is 6.28. The summed E-state index contributed by atoms with van der Waals surface area (Å²) in [5.41, 5.74) is -0.0571. The minimum Gasteiger partial charge on any atom is -0.352 e. The van der Waals surface area contributed by atoms with Gasteiger partial charge in [-0.05, 0) is 42.7 Å². The maximum Gasteiger partial charge on any atom is 0.416 e. The second-order valence-corrected chi connectivity index (χ2v) is 10.00. The van der Waals surface area contributed by atoms with Crippen LogP contribution in [-0.4, -0.2) is 55.8 Å². The van der Waals surface area contributed by atoms with Gasteiger partial charge in [0.1, 0.15) is 6.04 Å². The van der Waals surface area contributed by atoms with Gasteiger partial charge >= 0.3 is 6.18 Å². The van der Waals surface area contributed by atoms with Crippen LogP contribution >= 0.6 is 0 Å². The lowest BCUT2D eigenvalue weighted by Crippen LogP contribution is -2.52. The molecule has 172 valence electrons. The largest absolute Gasteiger partial charge is 0.416 e. The zero-order valence-corrected chi connectivity index (χ0v) is 18.1. The molecule has 2 aliphatic rings. The Labute approximate surface area is 185 Å². The van der Waals surface area contributed by atoms with Crippen LogP contribution in [0.25, 0.3) is 0 Å². The Morgan fingerprint density at radius 2 is 1.53 bits per heavy atom. The Hall–Kier alpha value is -2.43. The number of nitrogens with zero attached hydrogens (tertiary/aromatic N) is 2. The Balaban J connectivity index is 1.47. The first-order valence-corrected chi connectivity index (χ1v) is 11.9. The van der Waals surface area contributed by atoms with Crippen LogP contribution in [0.15, 0.2) is 59.5 Å².